The van der Waals surface area contributed by atoms with Crippen molar-refractivity contribution in [3.05, 3.63) is 22.7 Å². The molecular formula is C13H24N4O. The molecule has 0 amide bonds. The van der Waals surface area contributed by atoms with Gasteiger partial charge in [-0.1, -0.05) is 13.8 Å². The Morgan fingerprint density at radius 2 is 2.17 bits per heavy atom. The topological polar surface area (TPSA) is 72.9 Å². The molecule has 0 aliphatic rings. The zero-order valence-corrected chi connectivity index (χ0v) is 11.5. The smallest absolute Gasteiger partial charge is 0.293 e. The number of aromatic nitrogens is 2. The molecule has 1 rings (SSSR count). The first kappa shape index (κ1) is 14.7. The summed E-state index contributed by atoms with van der Waals surface area (Å²) >= 11 is 0. The van der Waals surface area contributed by atoms with E-state index in [-0.39, 0.29) is 11.6 Å². The zero-order chi connectivity index (χ0) is 13.5. The maximum atomic E-state index is 12.1. The van der Waals surface area contributed by atoms with Crippen LogP contribution in [0.15, 0.2) is 17.2 Å². The lowest BCUT2D eigenvalue weighted by atomic mass is 10.2. The van der Waals surface area contributed by atoms with Gasteiger partial charge in [0.05, 0.1) is 0 Å². The van der Waals surface area contributed by atoms with Crippen molar-refractivity contribution in [2.45, 2.75) is 46.2 Å². The van der Waals surface area contributed by atoms with Gasteiger partial charge >= 0.3 is 0 Å². The zero-order valence-electron chi connectivity index (χ0n) is 11.5. The summed E-state index contributed by atoms with van der Waals surface area (Å²) in [5.74, 6) is 0.871. The van der Waals surface area contributed by atoms with E-state index >= 15 is 0 Å². The molecule has 0 spiro atoms. The molecule has 18 heavy (non-hydrogen) atoms. The standard InChI is InChI=1S/C13H24N4O/c1-10(2)9-17-8-7-15-12(13(17)18)16-11(3)5-4-6-14/h7-8,10-11H,4-6,9,14H2,1-3H3,(H,15,16). The van der Waals surface area contributed by atoms with E-state index in [1.807, 2.05) is 6.92 Å². The number of nitrogens with two attached hydrogens (primary N) is 1. The van der Waals surface area contributed by atoms with Crippen LogP contribution < -0.4 is 16.6 Å². The first-order chi connectivity index (χ1) is 8.54. The molecule has 0 aliphatic heterocycles. The quantitative estimate of drug-likeness (QED) is 0.770. The van der Waals surface area contributed by atoms with Crippen molar-refractivity contribution in [2.24, 2.45) is 11.7 Å². The lowest BCUT2D eigenvalue weighted by molar-refractivity contribution is 0.509. The molecule has 5 nitrogen and oxygen atoms in total. The highest BCUT2D eigenvalue weighted by Crippen LogP contribution is 2.03. The molecule has 0 radical (unpaired) electrons. The van der Waals surface area contributed by atoms with E-state index in [9.17, 15) is 4.79 Å². The first-order valence-corrected chi connectivity index (χ1v) is 6.56. The first-order valence-electron chi connectivity index (χ1n) is 6.56. The second kappa shape index (κ2) is 7.16. The molecule has 1 aromatic rings. The predicted molar refractivity (Wildman–Crippen MR) is 74.7 cm³/mol. The van der Waals surface area contributed by atoms with Crippen molar-refractivity contribution in [3.63, 3.8) is 0 Å². The fourth-order valence-corrected chi connectivity index (χ4v) is 1.81. The minimum Gasteiger partial charge on any atom is -0.363 e. The number of hydrogen-bond donors (Lipinski definition) is 2. The predicted octanol–water partition coefficient (Wildman–Crippen LogP) is 1.44. The van der Waals surface area contributed by atoms with Crippen LogP contribution in [0.2, 0.25) is 0 Å². The minimum atomic E-state index is -0.0502. The van der Waals surface area contributed by atoms with Gasteiger partial charge in [0.1, 0.15) is 0 Å². The average molecular weight is 252 g/mol. The Kier molecular flexibility index (Phi) is 5.85. The lowest BCUT2D eigenvalue weighted by Gasteiger charge is -2.15. The van der Waals surface area contributed by atoms with Gasteiger partial charge in [0, 0.05) is 25.0 Å². The second-order valence-corrected chi connectivity index (χ2v) is 5.10. The number of nitrogens with zero attached hydrogens (tertiary/aromatic N) is 2. The monoisotopic (exact) mass is 252 g/mol. The molecule has 102 valence electrons. The lowest BCUT2D eigenvalue weighted by Crippen LogP contribution is -2.29. The average Bonchev–Trinajstić information content (AvgIpc) is 2.31. The van der Waals surface area contributed by atoms with Crippen LogP contribution in [0.25, 0.3) is 0 Å². The number of hydrogen-bond acceptors (Lipinski definition) is 4. The van der Waals surface area contributed by atoms with E-state index in [1.54, 1.807) is 17.0 Å². The number of nitrogens with one attached hydrogen (secondary N) is 1. The Hall–Kier alpha value is -1.36. The number of anilines is 1. The fraction of sp³-hybridized carbons (Fsp3) is 0.692. The van der Waals surface area contributed by atoms with Crippen LogP contribution in [-0.4, -0.2) is 22.1 Å². The van der Waals surface area contributed by atoms with Gasteiger partial charge in [-0.25, -0.2) is 4.98 Å². The van der Waals surface area contributed by atoms with Crippen LogP contribution in [0, 0.1) is 5.92 Å². The van der Waals surface area contributed by atoms with Crippen molar-refractivity contribution >= 4 is 5.82 Å². The Labute approximate surface area is 108 Å². The Morgan fingerprint density at radius 1 is 1.44 bits per heavy atom. The Balaban J connectivity index is 2.74. The normalized spacial score (nSPS) is 12.7. The van der Waals surface area contributed by atoms with E-state index < -0.39 is 0 Å². The van der Waals surface area contributed by atoms with Gasteiger partial charge in [0.2, 0.25) is 0 Å². The van der Waals surface area contributed by atoms with Gasteiger partial charge in [-0.2, -0.15) is 0 Å². The van der Waals surface area contributed by atoms with Crippen LogP contribution in [-0.2, 0) is 6.54 Å². The minimum absolute atomic E-state index is 0.0502. The highest BCUT2D eigenvalue weighted by Gasteiger charge is 2.08. The maximum absolute atomic E-state index is 12.1. The molecule has 3 N–H and O–H groups in total. The highest BCUT2D eigenvalue weighted by atomic mass is 16.1. The summed E-state index contributed by atoms with van der Waals surface area (Å²) in [6.07, 6.45) is 5.29. The van der Waals surface area contributed by atoms with Gasteiger partial charge in [0.25, 0.3) is 5.56 Å². The van der Waals surface area contributed by atoms with E-state index in [0.29, 0.717) is 24.8 Å². The van der Waals surface area contributed by atoms with Crippen LogP contribution >= 0.6 is 0 Å². The van der Waals surface area contributed by atoms with Crippen molar-refractivity contribution < 1.29 is 0 Å². The van der Waals surface area contributed by atoms with Crippen molar-refractivity contribution in [1.29, 1.82) is 0 Å². The van der Waals surface area contributed by atoms with E-state index in [1.165, 1.54) is 0 Å². The van der Waals surface area contributed by atoms with Gasteiger partial charge in [0.15, 0.2) is 5.82 Å². The molecule has 0 saturated heterocycles. The Bertz CT molecular complexity index is 414. The van der Waals surface area contributed by atoms with Crippen LogP contribution in [0.4, 0.5) is 5.82 Å². The molecule has 0 saturated carbocycles. The number of rotatable bonds is 7. The third-order valence-electron chi connectivity index (χ3n) is 2.70. The van der Waals surface area contributed by atoms with Crippen molar-refractivity contribution in [1.82, 2.24) is 9.55 Å². The molecule has 0 bridgehead atoms. The van der Waals surface area contributed by atoms with Gasteiger partial charge in [-0.3, -0.25) is 4.79 Å². The van der Waals surface area contributed by atoms with Gasteiger partial charge < -0.3 is 15.6 Å². The summed E-state index contributed by atoms with van der Waals surface area (Å²) in [4.78, 5) is 16.2. The summed E-state index contributed by atoms with van der Waals surface area (Å²) in [5, 5.41) is 3.16. The molecule has 1 aromatic heterocycles. The largest absolute Gasteiger partial charge is 0.363 e. The molecule has 1 atom stereocenters. The molecular weight excluding hydrogens is 228 g/mol. The second-order valence-electron chi connectivity index (χ2n) is 5.10. The van der Waals surface area contributed by atoms with E-state index in [0.717, 1.165) is 12.8 Å². The van der Waals surface area contributed by atoms with E-state index in [2.05, 4.69) is 24.1 Å². The Morgan fingerprint density at radius 3 is 2.78 bits per heavy atom. The van der Waals surface area contributed by atoms with Crippen LogP contribution in [0.1, 0.15) is 33.6 Å². The summed E-state index contributed by atoms with van der Waals surface area (Å²) in [6, 6.07) is 0.212. The third kappa shape index (κ3) is 4.49. The van der Waals surface area contributed by atoms with Gasteiger partial charge in [-0.05, 0) is 32.2 Å². The molecule has 0 fully saturated rings. The molecule has 5 heteroatoms. The molecule has 1 unspecified atom stereocenters. The van der Waals surface area contributed by atoms with Crippen LogP contribution in [0.3, 0.4) is 0 Å². The summed E-state index contributed by atoms with van der Waals surface area (Å²) in [6.45, 7) is 7.60. The maximum Gasteiger partial charge on any atom is 0.293 e. The van der Waals surface area contributed by atoms with Gasteiger partial charge in [-0.15, -0.1) is 0 Å². The summed E-state index contributed by atoms with van der Waals surface area (Å²) < 4.78 is 1.70. The molecule has 1 heterocycles. The van der Waals surface area contributed by atoms with Crippen LogP contribution in [0.5, 0.6) is 0 Å². The SMILES string of the molecule is CC(C)Cn1ccnc(NC(C)CCCN)c1=O. The highest BCUT2D eigenvalue weighted by molar-refractivity contribution is 5.31. The summed E-state index contributed by atoms with van der Waals surface area (Å²) in [5.41, 5.74) is 5.42. The van der Waals surface area contributed by atoms with Crippen molar-refractivity contribution in [3.8, 4) is 0 Å². The fourth-order valence-electron chi connectivity index (χ4n) is 1.81. The third-order valence-corrected chi connectivity index (χ3v) is 2.70. The molecule has 0 aliphatic carbocycles. The molecule has 0 aromatic carbocycles. The van der Waals surface area contributed by atoms with Crippen molar-refractivity contribution in [2.75, 3.05) is 11.9 Å². The van der Waals surface area contributed by atoms with E-state index in [4.69, 9.17) is 5.73 Å². The summed E-state index contributed by atoms with van der Waals surface area (Å²) in [7, 11) is 0.